The molecule has 0 amide bonds. The van der Waals surface area contributed by atoms with Gasteiger partial charge in [0, 0.05) is 11.9 Å². The Morgan fingerprint density at radius 2 is 1.75 bits per heavy atom. The molecule has 0 aromatic rings. The van der Waals surface area contributed by atoms with Crippen molar-refractivity contribution >= 4 is 15.9 Å². The third kappa shape index (κ3) is 6.24. The summed E-state index contributed by atoms with van der Waals surface area (Å²) in [4.78, 5) is 2.65. The van der Waals surface area contributed by atoms with Crippen molar-refractivity contribution < 1.29 is 0 Å². The lowest BCUT2D eigenvalue weighted by Crippen LogP contribution is -2.22. The van der Waals surface area contributed by atoms with Crippen molar-refractivity contribution in [2.24, 2.45) is 5.92 Å². The molecule has 1 atom stereocenters. The van der Waals surface area contributed by atoms with Crippen LogP contribution >= 0.6 is 15.9 Å². The van der Waals surface area contributed by atoms with Crippen LogP contribution in [0.15, 0.2) is 0 Å². The second-order valence-electron chi connectivity index (χ2n) is 5.23. The molecule has 0 aliphatic carbocycles. The van der Waals surface area contributed by atoms with Gasteiger partial charge in [0.1, 0.15) is 0 Å². The van der Waals surface area contributed by atoms with E-state index in [1.165, 1.54) is 76.3 Å². The largest absolute Gasteiger partial charge is 0.303 e. The fraction of sp³-hybridized carbons (Fsp3) is 1.00. The lowest BCUT2D eigenvalue weighted by molar-refractivity contribution is 0.318. The summed E-state index contributed by atoms with van der Waals surface area (Å²) >= 11 is 3.59. The van der Waals surface area contributed by atoms with Gasteiger partial charge in [-0.05, 0) is 31.8 Å². The molecule has 0 aromatic carbocycles. The van der Waals surface area contributed by atoms with E-state index in [0.717, 1.165) is 5.92 Å². The number of rotatable bonds is 9. The Balaban J connectivity index is 1.84. The Kier molecular flexibility index (Phi) is 8.58. The SMILES string of the molecule is CCCCCCCCCN1CCC(CBr)C1. The minimum Gasteiger partial charge on any atom is -0.303 e. The average molecular weight is 290 g/mol. The van der Waals surface area contributed by atoms with E-state index in [9.17, 15) is 0 Å². The first-order chi connectivity index (χ1) is 7.86. The van der Waals surface area contributed by atoms with Crippen LogP contribution in [0.1, 0.15) is 58.3 Å². The molecule has 0 bridgehead atoms. The molecule has 16 heavy (non-hydrogen) atoms. The van der Waals surface area contributed by atoms with Gasteiger partial charge < -0.3 is 4.90 Å². The maximum absolute atomic E-state index is 3.59. The fourth-order valence-electron chi connectivity index (χ4n) is 2.53. The van der Waals surface area contributed by atoms with Crippen molar-refractivity contribution in [3.8, 4) is 0 Å². The van der Waals surface area contributed by atoms with Crippen molar-refractivity contribution in [1.82, 2.24) is 4.90 Å². The van der Waals surface area contributed by atoms with Gasteiger partial charge in [0.15, 0.2) is 0 Å². The topological polar surface area (TPSA) is 3.24 Å². The molecule has 0 spiro atoms. The normalized spacial score (nSPS) is 21.8. The van der Waals surface area contributed by atoms with E-state index >= 15 is 0 Å². The molecule has 2 heteroatoms. The summed E-state index contributed by atoms with van der Waals surface area (Å²) in [6.07, 6.45) is 11.4. The second-order valence-corrected chi connectivity index (χ2v) is 5.88. The molecule has 1 rings (SSSR count). The highest BCUT2D eigenvalue weighted by molar-refractivity contribution is 9.09. The van der Waals surface area contributed by atoms with Crippen LogP contribution in [0.25, 0.3) is 0 Å². The number of alkyl halides is 1. The van der Waals surface area contributed by atoms with Crippen LogP contribution in [0.5, 0.6) is 0 Å². The first-order valence-corrected chi connectivity index (χ1v) is 8.27. The highest BCUT2D eigenvalue weighted by atomic mass is 79.9. The molecule has 0 aromatic heterocycles. The third-order valence-electron chi connectivity index (χ3n) is 3.67. The summed E-state index contributed by atoms with van der Waals surface area (Å²) in [6, 6.07) is 0. The Hall–Kier alpha value is 0.440. The molecule has 0 N–H and O–H groups in total. The minimum atomic E-state index is 0.921. The van der Waals surface area contributed by atoms with Crippen LogP contribution in [-0.2, 0) is 0 Å². The highest BCUT2D eigenvalue weighted by Crippen LogP contribution is 2.18. The van der Waals surface area contributed by atoms with E-state index in [4.69, 9.17) is 0 Å². The number of likely N-dealkylation sites (tertiary alicyclic amines) is 1. The minimum absolute atomic E-state index is 0.921. The molecule has 1 fully saturated rings. The summed E-state index contributed by atoms with van der Waals surface area (Å²) in [6.45, 7) is 6.30. The molecule has 0 radical (unpaired) electrons. The predicted molar refractivity (Wildman–Crippen MR) is 76.3 cm³/mol. The van der Waals surface area contributed by atoms with Crippen LogP contribution in [0, 0.1) is 5.92 Å². The maximum atomic E-state index is 3.59. The Morgan fingerprint density at radius 3 is 2.38 bits per heavy atom. The zero-order valence-corrected chi connectivity index (χ0v) is 12.5. The number of nitrogens with zero attached hydrogens (tertiary/aromatic N) is 1. The summed E-state index contributed by atoms with van der Waals surface area (Å²) in [5.41, 5.74) is 0. The number of hydrogen-bond donors (Lipinski definition) is 0. The van der Waals surface area contributed by atoms with Gasteiger partial charge in [0.05, 0.1) is 0 Å². The molecule has 1 aliphatic heterocycles. The van der Waals surface area contributed by atoms with Crippen LogP contribution in [0.4, 0.5) is 0 Å². The van der Waals surface area contributed by atoms with Gasteiger partial charge in [0.2, 0.25) is 0 Å². The predicted octanol–water partition coefficient (Wildman–Crippen LogP) is 4.45. The summed E-state index contributed by atoms with van der Waals surface area (Å²) in [5, 5.41) is 1.19. The smallest absolute Gasteiger partial charge is 0.00723 e. The van der Waals surface area contributed by atoms with E-state index in [1.807, 2.05) is 0 Å². The van der Waals surface area contributed by atoms with E-state index in [-0.39, 0.29) is 0 Å². The van der Waals surface area contributed by atoms with Gasteiger partial charge in [-0.15, -0.1) is 0 Å². The second kappa shape index (κ2) is 9.47. The molecule has 1 unspecified atom stereocenters. The highest BCUT2D eigenvalue weighted by Gasteiger charge is 2.20. The Bertz CT molecular complexity index is 161. The third-order valence-corrected chi connectivity index (χ3v) is 4.58. The molecule has 1 nitrogen and oxygen atoms in total. The van der Waals surface area contributed by atoms with Gasteiger partial charge in [-0.25, -0.2) is 0 Å². The molecular weight excluding hydrogens is 262 g/mol. The first-order valence-electron chi connectivity index (χ1n) is 7.15. The zero-order valence-electron chi connectivity index (χ0n) is 10.9. The summed E-state index contributed by atoms with van der Waals surface area (Å²) in [7, 11) is 0. The van der Waals surface area contributed by atoms with Crippen LogP contribution in [0.2, 0.25) is 0 Å². The van der Waals surface area contributed by atoms with Crippen molar-refractivity contribution in [1.29, 1.82) is 0 Å². The Labute approximate surface area is 110 Å². The number of halogens is 1. The van der Waals surface area contributed by atoms with Gasteiger partial charge in [-0.2, -0.15) is 0 Å². The molecular formula is C14H28BrN. The first kappa shape index (κ1) is 14.5. The lowest BCUT2D eigenvalue weighted by atomic mass is 10.1. The Morgan fingerprint density at radius 1 is 1.06 bits per heavy atom. The van der Waals surface area contributed by atoms with Crippen LogP contribution in [-0.4, -0.2) is 29.9 Å². The average Bonchev–Trinajstić information content (AvgIpc) is 2.76. The van der Waals surface area contributed by atoms with Crippen LogP contribution in [0.3, 0.4) is 0 Å². The zero-order chi connectivity index (χ0) is 11.6. The summed E-state index contributed by atoms with van der Waals surface area (Å²) in [5.74, 6) is 0.921. The van der Waals surface area contributed by atoms with Gasteiger partial charge in [-0.3, -0.25) is 0 Å². The molecule has 0 saturated carbocycles. The maximum Gasteiger partial charge on any atom is 0.00723 e. The standard InChI is InChI=1S/C14H28BrN/c1-2-3-4-5-6-7-8-10-16-11-9-14(12-15)13-16/h14H,2-13H2,1H3. The van der Waals surface area contributed by atoms with Crippen molar-refractivity contribution in [3.05, 3.63) is 0 Å². The van der Waals surface area contributed by atoms with Gasteiger partial charge in [-0.1, -0.05) is 61.4 Å². The van der Waals surface area contributed by atoms with Crippen molar-refractivity contribution in [3.63, 3.8) is 0 Å². The number of hydrogen-bond acceptors (Lipinski definition) is 1. The quantitative estimate of drug-likeness (QED) is 0.448. The van der Waals surface area contributed by atoms with E-state index in [2.05, 4.69) is 27.8 Å². The monoisotopic (exact) mass is 289 g/mol. The molecule has 1 heterocycles. The van der Waals surface area contributed by atoms with Crippen molar-refractivity contribution in [2.75, 3.05) is 25.0 Å². The summed E-state index contributed by atoms with van der Waals surface area (Å²) < 4.78 is 0. The van der Waals surface area contributed by atoms with Gasteiger partial charge >= 0.3 is 0 Å². The molecule has 1 aliphatic rings. The van der Waals surface area contributed by atoms with Crippen LogP contribution < -0.4 is 0 Å². The van der Waals surface area contributed by atoms with E-state index < -0.39 is 0 Å². The lowest BCUT2D eigenvalue weighted by Gasteiger charge is -2.15. The van der Waals surface area contributed by atoms with E-state index in [0.29, 0.717) is 0 Å². The van der Waals surface area contributed by atoms with E-state index in [1.54, 1.807) is 0 Å². The van der Waals surface area contributed by atoms with Crippen molar-refractivity contribution in [2.45, 2.75) is 58.3 Å². The fourth-order valence-corrected chi connectivity index (χ4v) is 3.06. The molecule has 96 valence electrons. The number of unbranched alkanes of at least 4 members (excludes halogenated alkanes) is 6. The van der Waals surface area contributed by atoms with Gasteiger partial charge in [0.25, 0.3) is 0 Å². The molecule has 1 saturated heterocycles.